The Morgan fingerprint density at radius 3 is 2.13 bits per heavy atom. The number of benzene rings is 3. The number of nitriles is 2. The quantitative estimate of drug-likeness (QED) is 0.0724. The number of hydrogen-bond acceptors (Lipinski definition) is 8. The Balaban J connectivity index is 1.89. The normalized spacial score (nSPS) is 11.9. The van der Waals surface area contributed by atoms with E-state index in [9.17, 15) is 15.3 Å². The number of halogens is 2. The Labute approximate surface area is 290 Å². The van der Waals surface area contributed by atoms with Crippen LogP contribution in [0.5, 0.6) is 0 Å². The second-order valence-corrected chi connectivity index (χ2v) is 14.5. The molecule has 0 heterocycles. The molecule has 3 aromatic carbocycles. The largest absolute Gasteiger partial charge is 0.500 e. The molecule has 12 heteroatoms. The topological polar surface area (TPSA) is 120 Å². The first kappa shape index (κ1) is 38.1. The van der Waals surface area contributed by atoms with Gasteiger partial charge in [0.25, 0.3) is 0 Å². The van der Waals surface area contributed by atoms with Crippen LogP contribution in [0.2, 0.25) is 16.1 Å². The maximum absolute atomic E-state index is 13.8. The van der Waals surface area contributed by atoms with Gasteiger partial charge >= 0.3 is 8.80 Å². The van der Waals surface area contributed by atoms with Crippen LogP contribution in [-0.2, 0) is 18.1 Å². The SMILES string of the molecule is CCCCN(Nc1c(Cl)c(NCCC[Si](OCC)(OCC)OCC)c(C#N)c(Cl)c1C#N)C(=O)C[C@@H](C)c1cccc2ccccc12. The molecule has 0 aliphatic carbocycles. The molecule has 0 radical (unpaired) electrons. The number of nitrogens with zero attached hydrogens (tertiary/aromatic N) is 3. The van der Waals surface area contributed by atoms with Crippen molar-refractivity contribution >= 4 is 60.1 Å². The van der Waals surface area contributed by atoms with E-state index in [0.717, 1.165) is 29.2 Å². The molecule has 0 fully saturated rings. The summed E-state index contributed by atoms with van der Waals surface area (Å²) in [5.74, 6) is -0.231. The van der Waals surface area contributed by atoms with Crippen LogP contribution in [0.1, 0.15) is 82.9 Å². The lowest BCUT2D eigenvalue weighted by Crippen LogP contribution is -2.46. The van der Waals surface area contributed by atoms with Gasteiger partial charge in [-0.15, -0.1) is 0 Å². The molecule has 0 aliphatic rings. The van der Waals surface area contributed by atoms with E-state index >= 15 is 0 Å². The van der Waals surface area contributed by atoms with Crippen molar-refractivity contribution in [2.75, 3.05) is 43.7 Å². The predicted molar refractivity (Wildman–Crippen MR) is 192 cm³/mol. The van der Waals surface area contributed by atoms with Gasteiger partial charge < -0.3 is 18.6 Å². The van der Waals surface area contributed by atoms with Gasteiger partial charge in [0.1, 0.15) is 12.1 Å². The van der Waals surface area contributed by atoms with E-state index in [4.69, 9.17) is 36.5 Å². The highest BCUT2D eigenvalue weighted by molar-refractivity contribution is 6.60. The number of anilines is 2. The van der Waals surface area contributed by atoms with Crippen molar-refractivity contribution in [2.24, 2.45) is 0 Å². The van der Waals surface area contributed by atoms with Gasteiger partial charge in [-0.1, -0.05) is 85.9 Å². The van der Waals surface area contributed by atoms with Crippen molar-refractivity contribution in [1.29, 1.82) is 10.5 Å². The summed E-state index contributed by atoms with van der Waals surface area (Å²) in [6, 6.07) is 19.0. The predicted octanol–water partition coefficient (Wildman–Crippen LogP) is 8.89. The molecule has 0 aromatic heterocycles. The molecule has 1 atom stereocenters. The molecule has 2 N–H and O–H groups in total. The van der Waals surface area contributed by atoms with Crippen molar-refractivity contribution in [3.8, 4) is 12.1 Å². The summed E-state index contributed by atoms with van der Waals surface area (Å²) < 4.78 is 17.9. The monoisotopic (exact) mass is 697 g/mol. The maximum atomic E-state index is 13.8. The molecular weight excluding hydrogens is 653 g/mol. The Bertz CT molecular complexity index is 1570. The Kier molecular flexibility index (Phi) is 15.3. The fraction of sp³-hybridized carbons (Fsp3) is 0.457. The van der Waals surface area contributed by atoms with Gasteiger partial charge in [0, 0.05) is 45.4 Å². The van der Waals surface area contributed by atoms with Crippen LogP contribution >= 0.6 is 23.2 Å². The number of amides is 1. The summed E-state index contributed by atoms with van der Waals surface area (Å²) in [6.45, 7) is 12.0. The lowest BCUT2D eigenvalue weighted by molar-refractivity contribution is -0.130. The highest BCUT2D eigenvalue weighted by atomic mass is 35.5. The van der Waals surface area contributed by atoms with Gasteiger partial charge in [0.05, 0.1) is 32.5 Å². The minimum Gasteiger partial charge on any atom is -0.383 e. The van der Waals surface area contributed by atoms with Crippen LogP contribution in [0.25, 0.3) is 10.8 Å². The third-order valence-corrected chi connectivity index (χ3v) is 11.7. The minimum absolute atomic E-state index is 0.00868. The number of unbranched alkanes of at least 4 members (excludes halogenated alkanes) is 1. The summed E-state index contributed by atoms with van der Waals surface area (Å²) in [6.07, 6.45) is 2.40. The average molecular weight is 699 g/mol. The summed E-state index contributed by atoms with van der Waals surface area (Å²) >= 11 is 13.6. The van der Waals surface area contributed by atoms with Crippen molar-refractivity contribution < 1.29 is 18.1 Å². The summed E-state index contributed by atoms with van der Waals surface area (Å²) in [7, 11) is -2.87. The number of fused-ring (bicyclic) bond motifs is 1. The van der Waals surface area contributed by atoms with E-state index in [2.05, 4.69) is 47.1 Å². The van der Waals surface area contributed by atoms with E-state index in [1.807, 2.05) is 52.8 Å². The highest BCUT2D eigenvalue weighted by Crippen LogP contribution is 2.42. The summed E-state index contributed by atoms with van der Waals surface area (Å²) in [4.78, 5) is 13.8. The first-order valence-corrected chi connectivity index (χ1v) is 18.9. The van der Waals surface area contributed by atoms with Crippen molar-refractivity contribution in [1.82, 2.24) is 5.01 Å². The van der Waals surface area contributed by atoms with Crippen LogP contribution in [-0.4, -0.2) is 52.6 Å². The molecule has 252 valence electrons. The smallest absolute Gasteiger partial charge is 0.383 e. The molecule has 0 saturated heterocycles. The van der Waals surface area contributed by atoms with Crippen LogP contribution in [0.4, 0.5) is 11.4 Å². The second kappa shape index (κ2) is 18.8. The van der Waals surface area contributed by atoms with Crippen LogP contribution < -0.4 is 10.7 Å². The van der Waals surface area contributed by atoms with Gasteiger partial charge in [-0.25, -0.2) is 0 Å². The van der Waals surface area contributed by atoms with Crippen LogP contribution in [0, 0.1) is 22.7 Å². The fourth-order valence-corrected chi connectivity index (χ4v) is 8.73. The third-order valence-electron chi connectivity index (χ3n) is 7.77. The molecule has 0 aliphatic heterocycles. The van der Waals surface area contributed by atoms with Crippen LogP contribution in [0.15, 0.2) is 42.5 Å². The summed E-state index contributed by atoms with van der Waals surface area (Å²) in [5, 5.41) is 27.2. The molecule has 47 heavy (non-hydrogen) atoms. The zero-order valence-electron chi connectivity index (χ0n) is 27.9. The number of carbonyl (C=O) groups excluding carboxylic acids is 1. The van der Waals surface area contributed by atoms with Gasteiger partial charge in [-0.05, 0) is 55.9 Å². The minimum atomic E-state index is -2.87. The van der Waals surface area contributed by atoms with Crippen molar-refractivity contribution in [3.63, 3.8) is 0 Å². The van der Waals surface area contributed by atoms with Gasteiger partial charge in [0.2, 0.25) is 5.91 Å². The molecule has 0 unspecified atom stereocenters. The van der Waals surface area contributed by atoms with Crippen molar-refractivity contribution in [3.05, 3.63) is 69.2 Å². The molecular formula is C35H45Cl2N5O4Si. The zero-order chi connectivity index (χ0) is 34.4. The molecule has 0 saturated carbocycles. The Hall–Kier alpha value is -3.35. The lowest BCUT2D eigenvalue weighted by atomic mass is 9.92. The molecule has 9 nitrogen and oxygen atoms in total. The molecule has 3 rings (SSSR count). The van der Waals surface area contributed by atoms with Gasteiger partial charge in [0.15, 0.2) is 0 Å². The van der Waals surface area contributed by atoms with E-state index in [-0.39, 0.29) is 50.8 Å². The number of hydrazine groups is 1. The van der Waals surface area contributed by atoms with E-state index in [0.29, 0.717) is 45.4 Å². The Morgan fingerprint density at radius 2 is 1.51 bits per heavy atom. The maximum Gasteiger partial charge on any atom is 0.500 e. The standard InChI is InChI=1S/C35H45Cl2N5O4Si/c1-6-10-20-42(31(43)22-25(5)27-18-13-16-26-15-11-12-17-28(26)27)41-35-30(24-39)32(36)29(23-38)34(33(35)37)40-19-14-21-47(44-7-2,45-8-3)46-9-4/h11-13,15-18,25,40-41H,6-10,14,19-22H2,1-5H3/t25-/m1/s1. The lowest BCUT2D eigenvalue weighted by Gasteiger charge is -2.29. The zero-order valence-corrected chi connectivity index (χ0v) is 30.4. The number of rotatable bonds is 19. The number of hydrogen-bond donors (Lipinski definition) is 2. The molecule has 0 bridgehead atoms. The fourth-order valence-electron chi connectivity index (χ4n) is 5.55. The van der Waals surface area contributed by atoms with E-state index in [1.54, 1.807) is 0 Å². The van der Waals surface area contributed by atoms with Gasteiger partial charge in [-0.3, -0.25) is 15.2 Å². The second-order valence-electron chi connectivity index (χ2n) is 11.0. The van der Waals surface area contributed by atoms with Crippen LogP contribution in [0.3, 0.4) is 0 Å². The first-order valence-electron chi connectivity index (χ1n) is 16.3. The molecule has 0 spiro atoms. The highest BCUT2D eigenvalue weighted by Gasteiger charge is 2.39. The number of carbonyl (C=O) groups is 1. The first-order chi connectivity index (χ1) is 22.7. The van der Waals surface area contributed by atoms with E-state index < -0.39 is 8.80 Å². The average Bonchev–Trinajstić information content (AvgIpc) is 3.06. The Morgan fingerprint density at radius 1 is 0.894 bits per heavy atom. The molecule has 3 aromatic rings. The van der Waals surface area contributed by atoms with E-state index in [1.165, 1.54) is 5.01 Å². The third kappa shape index (κ3) is 9.61. The summed E-state index contributed by atoms with van der Waals surface area (Å²) in [5.41, 5.74) is 4.72. The van der Waals surface area contributed by atoms with Crippen molar-refractivity contribution in [2.45, 2.75) is 72.3 Å². The number of nitrogens with one attached hydrogen (secondary N) is 2. The van der Waals surface area contributed by atoms with Gasteiger partial charge in [-0.2, -0.15) is 10.5 Å². The molecule has 1 amide bonds.